The van der Waals surface area contributed by atoms with Crippen LogP contribution in [0.2, 0.25) is 0 Å². The molecule has 0 aliphatic heterocycles. The lowest BCUT2D eigenvalue weighted by Crippen LogP contribution is -2.57. The van der Waals surface area contributed by atoms with Crippen molar-refractivity contribution in [3.63, 3.8) is 0 Å². The number of rotatable bonds is 5. The number of methoxy groups -OCH3 is 1. The second kappa shape index (κ2) is 6.50. The molecule has 2 rings (SSSR count). The minimum Gasteiger partial charge on any atom is -0.497 e. The highest BCUT2D eigenvalue weighted by atomic mass is 32.2. The lowest BCUT2D eigenvalue weighted by Gasteiger charge is -2.38. The molecule has 1 aromatic carbocycles. The fourth-order valence-corrected chi connectivity index (χ4v) is 4.14. The Hall–Kier alpha value is -1.20. The van der Waals surface area contributed by atoms with Crippen molar-refractivity contribution in [2.24, 2.45) is 5.73 Å². The molecule has 1 saturated carbocycles. The van der Waals surface area contributed by atoms with E-state index in [1.165, 1.54) is 4.90 Å². The van der Waals surface area contributed by atoms with Gasteiger partial charge >= 0.3 is 0 Å². The minimum absolute atomic E-state index is 0.240. The molecular weight excluding hydrogens is 272 g/mol. The van der Waals surface area contributed by atoms with E-state index in [4.69, 9.17) is 10.5 Å². The highest BCUT2D eigenvalue weighted by molar-refractivity contribution is 8.00. The van der Waals surface area contributed by atoms with E-state index in [2.05, 4.69) is 11.4 Å². The molecule has 2 atom stereocenters. The molecule has 0 spiro atoms. The van der Waals surface area contributed by atoms with Crippen molar-refractivity contribution in [2.75, 3.05) is 14.2 Å². The highest BCUT2D eigenvalue weighted by Gasteiger charge is 2.40. The number of hydrogen-bond acceptors (Lipinski definition) is 4. The normalized spacial score (nSPS) is 26.2. The second-order valence-electron chi connectivity index (χ2n) is 5.21. The van der Waals surface area contributed by atoms with Gasteiger partial charge in [-0.1, -0.05) is 6.07 Å². The molecule has 20 heavy (non-hydrogen) atoms. The number of hydrogen-bond donors (Lipinski definition) is 2. The van der Waals surface area contributed by atoms with Crippen LogP contribution in [0.3, 0.4) is 0 Å². The maximum atomic E-state index is 11.7. The number of amides is 1. The molecule has 1 aromatic rings. The van der Waals surface area contributed by atoms with Gasteiger partial charge < -0.3 is 15.8 Å². The first-order chi connectivity index (χ1) is 9.59. The fourth-order valence-electron chi connectivity index (χ4n) is 2.77. The van der Waals surface area contributed by atoms with E-state index < -0.39 is 5.54 Å². The average molecular weight is 294 g/mol. The zero-order chi connectivity index (χ0) is 14.6. The Morgan fingerprint density at radius 3 is 3.00 bits per heavy atom. The smallest absolute Gasteiger partial charge is 0.237 e. The Kier molecular flexibility index (Phi) is 4.94. The zero-order valence-electron chi connectivity index (χ0n) is 12.0. The Morgan fingerprint density at radius 1 is 1.55 bits per heavy atom. The van der Waals surface area contributed by atoms with E-state index >= 15 is 0 Å². The highest BCUT2D eigenvalue weighted by Crippen LogP contribution is 2.38. The first-order valence-electron chi connectivity index (χ1n) is 6.89. The van der Waals surface area contributed by atoms with Gasteiger partial charge in [-0.25, -0.2) is 0 Å². The topological polar surface area (TPSA) is 64.3 Å². The molecule has 1 aliphatic rings. The van der Waals surface area contributed by atoms with Gasteiger partial charge in [0.15, 0.2) is 0 Å². The third-order valence-corrected chi connectivity index (χ3v) is 5.26. The molecule has 3 N–H and O–H groups in total. The number of carbonyl (C=O) groups is 1. The summed E-state index contributed by atoms with van der Waals surface area (Å²) in [5, 5.41) is 3.54. The molecule has 110 valence electrons. The van der Waals surface area contributed by atoms with Crippen molar-refractivity contribution in [1.82, 2.24) is 5.32 Å². The van der Waals surface area contributed by atoms with Gasteiger partial charge in [0.1, 0.15) is 5.75 Å². The summed E-state index contributed by atoms with van der Waals surface area (Å²) in [6.07, 6.45) is 3.73. The SMILES string of the molecule is CNC1(C(N)=O)CCCC(Sc2cccc(OC)c2)C1. The Morgan fingerprint density at radius 2 is 2.35 bits per heavy atom. The van der Waals surface area contributed by atoms with Gasteiger partial charge in [0.05, 0.1) is 12.6 Å². The monoisotopic (exact) mass is 294 g/mol. The minimum atomic E-state index is -0.547. The van der Waals surface area contributed by atoms with Crippen LogP contribution in [0.25, 0.3) is 0 Å². The van der Waals surface area contributed by atoms with Crippen LogP contribution in [0.4, 0.5) is 0 Å². The van der Waals surface area contributed by atoms with E-state index in [-0.39, 0.29) is 5.91 Å². The summed E-state index contributed by atoms with van der Waals surface area (Å²) < 4.78 is 5.24. The number of nitrogens with two attached hydrogens (primary N) is 1. The molecule has 4 nitrogen and oxygen atoms in total. The van der Waals surface area contributed by atoms with E-state index in [1.54, 1.807) is 18.9 Å². The predicted octanol–water partition coefficient (Wildman–Crippen LogP) is 2.17. The van der Waals surface area contributed by atoms with Crippen LogP contribution in [0.1, 0.15) is 25.7 Å². The summed E-state index contributed by atoms with van der Waals surface area (Å²) in [5.41, 5.74) is 5.04. The third-order valence-electron chi connectivity index (χ3n) is 4.00. The second-order valence-corrected chi connectivity index (χ2v) is 6.59. The van der Waals surface area contributed by atoms with Crippen LogP contribution >= 0.6 is 11.8 Å². The number of benzene rings is 1. The Bertz CT molecular complexity index is 481. The quantitative estimate of drug-likeness (QED) is 0.873. The number of nitrogens with one attached hydrogen (secondary N) is 1. The van der Waals surface area contributed by atoms with Gasteiger partial charge in [-0.3, -0.25) is 4.79 Å². The summed E-state index contributed by atoms with van der Waals surface area (Å²) >= 11 is 1.80. The number of ether oxygens (including phenoxy) is 1. The van der Waals surface area contributed by atoms with Crippen molar-refractivity contribution in [3.05, 3.63) is 24.3 Å². The predicted molar refractivity (Wildman–Crippen MR) is 82.1 cm³/mol. The fraction of sp³-hybridized carbons (Fsp3) is 0.533. The molecule has 1 fully saturated rings. The molecule has 0 radical (unpaired) electrons. The molecular formula is C15H22N2O2S. The zero-order valence-corrected chi connectivity index (χ0v) is 12.8. The van der Waals surface area contributed by atoms with Crippen LogP contribution in [-0.4, -0.2) is 30.9 Å². The lowest BCUT2D eigenvalue weighted by molar-refractivity contribution is -0.125. The van der Waals surface area contributed by atoms with E-state index in [0.717, 1.165) is 31.4 Å². The van der Waals surface area contributed by atoms with Gasteiger partial charge in [0, 0.05) is 10.1 Å². The molecule has 0 bridgehead atoms. The van der Waals surface area contributed by atoms with Crippen molar-refractivity contribution < 1.29 is 9.53 Å². The molecule has 1 aliphatic carbocycles. The van der Waals surface area contributed by atoms with Crippen molar-refractivity contribution >= 4 is 17.7 Å². The first kappa shape index (κ1) is 15.2. The van der Waals surface area contributed by atoms with Crippen LogP contribution < -0.4 is 15.8 Å². The number of thioether (sulfide) groups is 1. The van der Waals surface area contributed by atoms with Crippen LogP contribution in [0.5, 0.6) is 5.75 Å². The molecule has 0 aromatic heterocycles. The summed E-state index contributed by atoms with van der Waals surface area (Å²) in [4.78, 5) is 12.9. The van der Waals surface area contributed by atoms with Crippen molar-refractivity contribution in [1.29, 1.82) is 0 Å². The van der Waals surface area contributed by atoms with E-state index in [9.17, 15) is 4.79 Å². The summed E-state index contributed by atoms with van der Waals surface area (Å²) in [5.74, 6) is 0.622. The number of carbonyl (C=O) groups excluding carboxylic acids is 1. The first-order valence-corrected chi connectivity index (χ1v) is 7.77. The molecule has 5 heteroatoms. The molecule has 0 saturated heterocycles. The molecule has 0 heterocycles. The van der Waals surface area contributed by atoms with Crippen LogP contribution in [0, 0.1) is 0 Å². The summed E-state index contributed by atoms with van der Waals surface area (Å²) in [7, 11) is 3.49. The van der Waals surface area contributed by atoms with Gasteiger partial charge in [0.2, 0.25) is 5.91 Å². The Labute approximate surface area is 124 Å². The van der Waals surface area contributed by atoms with Gasteiger partial charge in [-0.2, -0.15) is 0 Å². The molecule has 1 amide bonds. The van der Waals surface area contributed by atoms with Crippen LogP contribution in [0.15, 0.2) is 29.2 Å². The largest absolute Gasteiger partial charge is 0.497 e. The standard InChI is InChI=1S/C15H22N2O2S/c1-17-15(14(16)18)8-4-7-13(10-15)20-12-6-3-5-11(9-12)19-2/h3,5-6,9,13,17H,4,7-8,10H2,1-2H3,(H2,16,18). The summed E-state index contributed by atoms with van der Waals surface area (Å²) in [6.45, 7) is 0. The van der Waals surface area contributed by atoms with E-state index in [0.29, 0.717) is 5.25 Å². The van der Waals surface area contributed by atoms with Gasteiger partial charge in [-0.05, 0) is 50.9 Å². The van der Waals surface area contributed by atoms with Gasteiger partial charge in [-0.15, -0.1) is 11.8 Å². The third kappa shape index (κ3) is 3.27. The van der Waals surface area contributed by atoms with Crippen LogP contribution in [-0.2, 0) is 4.79 Å². The van der Waals surface area contributed by atoms with E-state index in [1.807, 2.05) is 25.2 Å². The van der Waals surface area contributed by atoms with Gasteiger partial charge in [0.25, 0.3) is 0 Å². The Balaban J connectivity index is 2.07. The average Bonchev–Trinajstić information content (AvgIpc) is 2.47. The van der Waals surface area contributed by atoms with Crippen molar-refractivity contribution in [2.45, 2.75) is 41.4 Å². The number of primary amides is 1. The lowest BCUT2D eigenvalue weighted by atomic mass is 9.81. The van der Waals surface area contributed by atoms with Crippen molar-refractivity contribution in [3.8, 4) is 5.75 Å². The maximum Gasteiger partial charge on any atom is 0.237 e. The number of likely N-dealkylation sites (N-methyl/N-ethyl adjacent to an activating group) is 1. The summed E-state index contributed by atoms with van der Waals surface area (Å²) in [6, 6.07) is 8.04. The molecule has 2 unspecified atom stereocenters. The maximum absolute atomic E-state index is 11.7.